The molecule has 0 saturated heterocycles. The minimum atomic E-state index is -0.511. The lowest BCUT2D eigenvalue weighted by Gasteiger charge is -2.21. The molecule has 6 heteroatoms. The maximum Gasteiger partial charge on any atom is 0.241 e. The van der Waals surface area contributed by atoms with Gasteiger partial charge in [-0.2, -0.15) is 11.8 Å². The third-order valence-electron chi connectivity index (χ3n) is 4.23. The Hall–Kier alpha value is -2.31. The summed E-state index contributed by atoms with van der Waals surface area (Å²) in [6.07, 6.45) is 2.94. The van der Waals surface area contributed by atoms with E-state index in [-0.39, 0.29) is 11.8 Å². The summed E-state index contributed by atoms with van der Waals surface area (Å²) in [5.74, 6) is 0.707. The van der Waals surface area contributed by atoms with Crippen molar-refractivity contribution in [3.63, 3.8) is 0 Å². The van der Waals surface area contributed by atoms with Crippen molar-refractivity contribution in [2.24, 2.45) is 5.73 Å². The van der Waals surface area contributed by atoms with E-state index in [0.717, 1.165) is 17.0 Å². The lowest BCUT2D eigenvalue weighted by molar-refractivity contribution is -0.118. The van der Waals surface area contributed by atoms with Gasteiger partial charge >= 0.3 is 0 Å². The third kappa shape index (κ3) is 6.41. The number of para-hydroxylation sites is 1. The molecule has 0 aromatic heterocycles. The van der Waals surface area contributed by atoms with Gasteiger partial charge in [-0.15, -0.1) is 0 Å². The average molecular weight is 386 g/mol. The van der Waals surface area contributed by atoms with Crippen LogP contribution in [0.5, 0.6) is 0 Å². The van der Waals surface area contributed by atoms with E-state index in [1.165, 1.54) is 0 Å². The van der Waals surface area contributed by atoms with E-state index in [1.54, 1.807) is 28.8 Å². The first kappa shape index (κ1) is 21.0. The van der Waals surface area contributed by atoms with Crippen molar-refractivity contribution in [1.82, 2.24) is 0 Å². The predicted molar refractivity (Wildman–Crippen MR) is 114 cm³/mol. The molecule has 2 aromatic rings. The highest BCUT2D eigenvalue weighted by Gasteiger charge is 2.15. The molecule has 2 rings (SSSR count). The fourth-order valence-corrected chi connectivity index (χ4v) is 3.19. The largest absolute Gasteiger partial charge is 0.325 e. The first-order chi connectivity index (χ1) is 13.0. The molecule has 0 bridgehead atoms. The van der Waals surface area contributed by atoms with Gasteiger partial charge in [-0.3, -0.25) is 9.59 Å². The number of likely N-dealkylation sites (N-methyl/N-ethyl adjacent to an activating group) is 1. The molecule has 144 valence electrons. The molecule has 0 aliphatic rings. The Kier molecular flexibility index (Phi) is 8.36. The van der Waals surface area contributed by atoms with Gasteiger partial charge in [0.15, 0.2) is 0 Å². The number of carbonyl (C=O) groups excluding carboxylic acids is 2. The molecule has 2 amide bonds. The fourth-order valence-electron chi connectivity index (χ4n) is 2.70. The van der Waals surface area contributed by atoms with Crippen LogP contribution in [0.3, 0.4) is 0 Å². The van der Waals surface area contributed by atoms with Crippen molar-refractivity contribution >= 4 is 35.0 Å². The van der Waals surface area contributed by atoms with E-state index in [2.05, 4.69) is 5.32 Å². The Morgan fingerprint density at radius 3 is 2.37 bits per heavy atom. The van der Waals surface area contributed by atoms with E-state index in [0.29, 0.717) is 25.1 Å². The number of hydrogen-bond donors (Lipinski definition) is 2. The third-order valence-corrected chi connectivity index (χ3v) is 4.88. The zero-order valence-electron chi connectivity index (χ0n) is 15.9. The highest BCUT2D eigenvalue weighted by Crippen LogP contribution is 2.16. The molecular formula is C21H27N3O2S. The highest BCUT2D eigenvalue weighted by molar-refractivity contribution is 7.98. The summed E-state index contributed by atoms with van der Waals surface area (Å²) in [5, 5.41) is 2.82. The smallest absolute Gasteiger partial charge is 0.241 e. The molecule has 0 heterocycles. The molecule has 3 N–H and O–H groups in total. The zero-order chi connectivity index (χ0) is 19.6. The van der Waals surface area contributed by atoms with Crippen LogP contribution in [-0.2, 0) is 16.0 Å². The van der Waals surface area contributed by atoms with Gasteiger partial charge < -0.3 is 16.0 Å². The summed E-state index contributed by atoms with van der Waals surface area (Å²) in [7, 11) is 0. The number of nitrogens with zero attached hydrogens (tertiary/aromatic N) is 1. The summed E-state index contributed by atoms with van der Waals surface area (Å²) >= 11 is 1.67. The van der Waals surface area contributed by atoms with Crippen LogP contribution < -0.4 is 16.0 Å². The number of nitrogens with two attached hydrogens (primary N) is 1. The van der Waals surface area contributed by atoms with Crippen LogP contribution in [0.2, 0.25) is 0 Å². The molecule has 0 spiro atoms. The van der Waals surface area contributed by atoms with Crippen LogP contribution in [0.1, 0.15) is 18.9 Å². The molecule has 1 atom stereocenters. The minimum absolute atomic E-state index is 0.0413. The maximum absolute atomic E-state index is 12.6. The summed E-state index contributed by atoms with van der Waals surface area (Å²) in [6.45, 7) is 2.58. The average Bonchev–Trinajstić information content (AvgIpc) is 2.69. The molecule has 0 unspecified atom stereocenters. The van der Waals surface area contributed by atoms with Gasteiger partial charge in [-0.25, -0.2) is 0 Å². The van der Waals surface area contributed by atoms with Crippen LogP contribution in [0.15, 0.2) is 54.6 Å². The Morgan fingerprint density at radius 2 is 1.78 bits per heavy atom. The second-order valence-electron chi connectivity index (χ2n) is 6.22. The summed E-state index contributed by atoms with van der Waals surface area (Å²) < 4.78 is 0. The van der Waals surface area contributed by atoms with Gasteiger partial charge in [0.2, 0.25) is 11.8 Å². The molecule has 27 heavy (non-hydrogen) atoms. The number of carbonyl (C=O) groups is 2. The Bertz CT molecular complexity index is 735. The lowest BCUT2D eigenvalue weighted by Crippen LogP contribution is -2.36. The summed E-state index contributed by atoms with van der Waals surface area (Å²) in [6, 6.07) is 16.5. The Morgan fingerprint density at radius 1 is 1.11 bits per heavy atom. The molecule has 0 aliphatic carbocycles. The van der Waals surface area contributed by atoms with Crippen molar-refractivity contribution in [3.8, 4) is 0 Å². The SMILES string of the molecule is CCN(C(=O)Cc1ccc(NC(=O)[C@@H](N)CCSC)cc1)c1ccccc1. The second-order valence-corrected chi connectivity index (χ2v) is 7.21. The number of thioether (sulfide) groups is 1. The van der Waals surface area contributed by atoms with E-state index < -0.39 is 6.04 Å². The molecule has 5 nitrogen and oxygen atoms in total. The first-order valence-corrected chi connectivity index (χ1v) is 10.4. The van der Waals surface area contributed by atoms with Crippen LogP contribution in [0.4, 0.5) is 11.4 Å². The van der Waals surface area contributed by atoms with Crippen molar-refractivity contribution < 1.29 is 9.59 Å². The second kappa shape index (κ2) is 10.7. The number of benzene rings is 2. The Labute approximate surface area is 165 Å². The topological polar surface area (TPSA) is 75.4 Å². The van der Waals surface area contributed by atoms with Crippen molar-refractivity contribution in [3.05, 3.63) is 60.2 Å². The lowest BCUT2D eigenvalue weighted by atomic mass is 10.1. The number of anilines is 2. The Balaban J connectivity index is 1.94. The number of hydrogen-bond acceptors (Lipinski definition) is 4. The van der Waals surface area contributed by atoms with E-state index in [4.69, 9.17) is 5.73 Å². The normalized spacial score (nSPS) is 11.7. The summed E-state index contributed by atoms with van der Waals surface area (Å²) in [4.78, 5) is 26.5. The van der Waals surface area contributed by atoms with Gasteiger partial charge in [0.25, 0.3) is 0 Å². The quantitative estimate of drug-likeness (QED) is 0.694. The molecule has 0 aliphatic heterocycles. The molecule has 0 saturated carbocycles. The van der Waals surface area contributed by atoms with Crippen LogP contribution in [0.25, 0.3) is 0 Å². The van der Waals surface area contributed by atoms with Crippen molar-refractivity contribution in [1.29, 1.82) is 0 Å². The minimum Gasteiger partial charge on any atom is -0.325 e. The van der Waals surface area contributed by atoms with Crippen LogP contribution >= 0.6 is 11.8 Å². The molecular weight excluding hydrogens is 358 g/mol. The fraction of sp³-hybridized carbons (Fsp3) is 0.333. The van der Waals surface area contributed by atoms with Crippen molar-refractivity contribution in [2.45, 2.75) is 25.8 Å². The predicted octanol–water partition coefficient (Wildman–Crippen LogP) is 3.30. The number of rotatable bonds is 9. The van der Waals surface area contributed by atoms with Gasteiger partial charge in [0.1, 0.15) is 0 Å². The monoisotopic (exact) mass is 385 g/mol. The van der Waals surface area contributed by atoms with E-state index in [1.807, 2.05) is 55.6 Å². The van der Waals surface area contributed by atoms with Gasteiger partial charge in [0.05, 0.1) is 12.5 Å². The van der Waals surface area contributed by atoms with E-state index in [9.17, 15) is 9.59 Å². The molecule has 2 aromatic carbocycles. The van der Waals surface area contributed by atoms with Gasteiger partial charge in [-0.1, -0.05) is 30.3 Å². The van der Waals surface area contributed by atoms with E-state index >= 15 is 0 Å². The first-order valence-electron chi connectivity index (χ1n) is 9.05. The standard InChI is InChI=1S/C21H27N3O2S/c1-3-24(18-7-5-4-6-8-18)20(25)15-16-9-11-17(12-10-16)23-21(26)19(22)13-14-27-2/h4-12,19H,3,13-15,22H2,1-2H3,(H,23,26)/t19-/m0/s1. The summed E-state index contributed by atoms with van der Waals surface area (Å²) in [5.41, 5.74) is 8.36. The molecule has 0 fully saturated rings. The maximum atomic E-state index is 12.6. The van der Waals surface area contributed by atoms with Crippen LogP contribution in [-0.4, -0.2) is 36.4 Å². The zero-order valence-corrected chi connectivity index (χ0v) is 16.7. The highest BCUT2D eigenvalue weighted by atomic mass is 32.2. The van der Waals surface area contributed by atoms with Crippen LogP contribution in [0, 0.1) is 0 Å². The van der Waals surface area contributed by atoms with Gasteiger partial charge in [0, 0.05) is 17.9 Å². The van der Waals surface area contributed by atoms with Crippen molar-refractivity contribution in [2.75, 3.05) is 28.8 Å². The number of nitrogens with one attached hydrogen (secondary N) is 1. The van der Waals surface area contributed by atoms with Gasteiger partial charge in [-0.05, 0) is 55.2 Å². The molecule has 0 radical (unpaired) electrons. The number of amides is 2.